The van der Waals surface area contributed by atoms with Gasteiger partial charge in [0, 0.05) is 0 Å². The Morgan fingerprint density at radius 2 is 1.11 bits per heavy atom. The van der Waals surface area contributed by atoms with Crippen LogP contribution in [0.4, 0.5) is 8.78 Å². The zero-order valence-corrected chi connectivity index (χ0v) is 22.5. The second kappa shape index (κ2) is 13.2. The lowest BCUT2D eigenvalue weighted by Crippen LogP contribution is -2.20. The third-order valence-corrected chi connectivity index (χ3v) is 8.93. The van der Waals surface area contributed by atoms with E-state index in [0.29, 0.717) is 18.3 Å². The van der Waals surface area contributed by atoms with Gasteiger partial charge in [-0.3, -0.25) is 0 Å². The minimum absolute atomic E-state index is 0.0116. The van der Waals surface area contributed by atoms with Gasteiger partial charge in [-0.15, -0.1) is 0 Å². The number of rotatable bonds is 11. The Labute approximate surface area is 218 Å². The van der Waals surface area contributed by atoms with Crippen LogP contribution in [0.3, 0.4) is 0 Å². The van der Waals surface area contributed by atoms with E-state index in [-0.39, 0.29) is 12.2 Å². The van der Waals surface area contributed by atoms with Gasteiger partial charge < -0.3 is 4.74 Å². The quantitative estimate of drug-likeness (QED) is 0.301. The first kappa shape index (κ1) is 27.3. The molecule has 2 aliphatic rings. The summed E-state index contributed by atoms with van der Waals surface area (Å²) in [7, 11) is 0. The van der Waals surface area contributed by atoms with Crippen molar-refractivity contribution in [1.82, 2.24) is 0 Å². The van der Waals surface area contributed by atoms with E-state index in [1.807, 2.05) is 12.1 Å². The molecule has 4 rings (SSSR count). The molecule has 2 aromatic rings. The van der Waals surface area contributed by atoms with Crippen LogP contribution < -0.4 is 0 Å². The number of alkyl halides is 2. The SMILES string of the molecule is CCCC1CCC(c2ccc(CCOC(F)(F)c3ccc(C4CCC(CCC)CC4)cc3)cc2)CC1. The molecule has 0 bridgehead atoms. The Morgan fingerprint density at radius 3 is 1.56 bits per heavy atom. The fraction of sp³-hybridized carbons (Fsp3) is 0.636. The second-order valence-corrected chi connectivity index (χ2v) is 11.5. The average molecular weight is 497 g/mol. The van der Waals surface area contributed by atoms with Crippen LogP contribution in [0.1, 0.15) is 125 Å². The van der Waals surface area contributed by atoms with Gasteiger partial charge in [0.2, 0.25) is 0 Å². The van der Waals surface area contributed by atoms with Crippen LogP contribution in [0, 0.1) is 11.8 Å². The molecule has 0 atom stereocenters. The summed E-state index contributed by atoms with van der Waals surface area (Å²) in [5, 5.41) is 0. The van der Waals surface area contributed by atoms with E-state index in [4.69, 9.17) is 4.74 Å². The van der Waals surface area contributed by atoms with Gasteiger partial charge in [0.25, 0.3) is 0 Å². The topological polar surface area (TPSA) is 9.23 Å². The van der Waals surface area contributed by atoms with E-state index in [1.165, 1.54) is 88.2 Å². The largest absolute Gasteiger partial charge is 0.383 e. The van der Waals surface area contributed by atoms with Crippen molar-refractivity contribution in [3.63, 3.8) is 0 Å². The number of halogens is 2. The predicted octanol–water partition coefficient (Wildman–Crippen LogP) is 10.1. The lowest BCUT2D eigenvalue weighted by Gasteiger charge is -2.29. The molecule has 3 heteroatoms. The maximum Gasteiger partial charge on any atom is 0.383 e. The van der Waals surface area contributed by atoms with Crippen molar-refractivity contribution in [2.75, 3.05) is 6.61 Å². The highest BCUT2D eigenvalue weighted by atomic mass is 19.3. The summed E-state index contributed by atoms with van der Waals surface area (Å²) >= 11 is 0. The van der Waals surface area contributed by atoms with Crippen LogP contribution in [0.5, 0.6) is 0 Å². The van der Waals surface area contributed by atoms with Gasteiger partial charge in [-0.2, -0.15) is 8.78 Å². The second-order valence-electron chi connectivity index (χ2n) is 11.5. The molecule has 0 N–H and O–H groups in total. The van der Waals surface area contributed by atoms with E-state index in [1.54, 1.807) is 12.1 Å². The van der Waals surface area contributed by atoms with Gasteiger partial charge >= 0.3 is 6.11 Å². The molecular formula is C33H46F2O. The highest BCUT2D eigenvalue weighted by Gasteiger charge is 2.33. The third kappa shape index (κ3) is 7.40. The van der Waals surface area contributed by atoms with Crippen molar-refractivity contribution in [3.8, 4) is 0 Å². The first-order chi connectivity index (χ1) is 17.5. The molecule has 0 heterocycles. The summed E-state index contributed by atoms with van der Waals surface area (Å²) in [4.78, 5) is 0. The molecule has 0 aromatic heterocycles. The fourth-order valence-electron chi connectivity index (χ4n) is 6.67. The molecule has 0 amide bonds. The average Bonchev–Trinajstić information content (AvgIpc) is 2.90. The van der Waals surface area contributed by atoms with Gasteiger partial charge in [-0.25, -0.2) is 0 Å². The van der Waals surface area contributed by atoms with Crippen LogP contribution in [0.2, 0.25) is 0 Å². The molecule has 2 aliphatic carbocycles. The number of benzene rings is 2. The molecule has 0 saturated heterocycles. The van der Waals surface area contributed by atoms with Crippen LogP contribution in [-0.4, -0.2) is 6.61 Å². The standard InChI is InChI=1S/C33H46F2O/c1-3-5-25-7-13-28(14-8-25)29-17-11-27(12-18-29)23-24-36-33(34,35)32-21-19-31(20-22-32)30-15-9-26(6-4-2)10-16-30/h11-12,17-22,25-26,28,30H,3-10,13-16,23-24H2,1-2H3. The van der Waals surface area contributed by atoms with Crippen molar-refractivity contribution in [3.05, 3.63) is 70.8 Å². The molecule has 198 valence electrons. The predicted molar refractivity (Wildman–Crippen MR) is 146 cm³/mol. The number of hydrogen-bond acceptors (Lipinski definition) is 1. The Bertz CT molecular complexity index is 888. The smallest absolute Gasteiger partial charge is 0.316 e. The van der Waals surface area contributed by atoms with Gasteiger partial charge in [-0.05, 0) is 98.1 Å². The van der Waals surface area contributed by atoms with E-state index in [2.05, 4.69) is 38.1 Å². The van der Waals surface area contributed by atoms with E-state index in [9.17, 15) is 8.78 Å². The maximum atomic E-state index is 14.7. The van der Waals surface area contributed by atoms with E-state index < -0.39 is 6.11 Å². The summed E-state index contributed by atoms with van der Waals surface area (Å²) in [5.74, 6) is 2.93. The number of ether oxygens (including phenoxy) is 1. The highest BCUT2D eigenvalue weighted by molar-refractivity contribution is 5.28. The van der Waals surface area contributed by atoms with Crippen LogP contribution >= 0.6 is 0 Å². The van der Waals surface area contributed by atoms with Gasteiger partial charge in [0.1, 0.15) is 0 Å². The summed E-state index contributed by atoms with van der Waals surface area (Å²) in [6.45, 7) is 4.54. The Morgan fingerprint density at radius 1 is 0.667 bits per heavy atom. The van der Waals surface area contributed by atoms with E-state index in [0.717, 1.165) is 17.4 Å². The zero-order chi connectivity index (χ0) is 25.4. The molecule has 1 nitrogen and oxygen atoms in total. The first-order valence-corrected chi connectivity index (χ1v) is 14.7. The van der Waals surface area contributed by atoms with Gasteiger partial charge in [-0.1, -0.05) is 88.1 Å². The first-order valence-electron chi connectivity index (χ1n) is 14.7. The molecule has 0 aliphatic heterocycles. The molecule has 2 fully saturated rings. The Balaban J connectivity index is 1.22. The summed E-state index contributed by atoms with van der Waals surface area (Å²) in [6, 6.07) is 15.5. The molecule has 0 unspecified atom stereocenters. The molecule has 0 radical (unpaired) electrons. The fourth-order valence-corrected chi connectivity index (χ4v) is 6.67. The normalized spacial score (nSPS) is 25.1. The maximum absolute atomic E-state index is 14.7. The summed E-state index contributed by atoms with van der Waals surface area (Å²) in [6.07, 6.45) is 12.6. The van der Waals surface area contributed by atoms with Crippen molar-refractivity contribution in [2.24, 2.45) is 11.8 Å². The monoisotopic (exact) mass is 496 g/mol. The minimum Gasteiger partial charge on any atom is -0.316 e. The van der Waals surface area contributed by atoms with Crippen molar-refractivity contribution in [2.45, 2.75) is 115 Å². The lowest BCUT2D eigenvalue weighted by molar-refractivity contribution is -0.248. The molecule has 2 aromatic carbocycles. The zero-order valence-electron chi connectivity index (χ0n) is 22.5. The Kier molecular flexibility index (Phi) is 9.99. The van der Waals surface area contributed by atoms with Gasteiger partial charge in [0.05, 0.1) is 12.2 Å². The van der Waals surface area contributed by atoms with Gasteiger partial charge in [0.15, 0.2) is 0 Å². The molecule has 2 saturated carbocycles. The molecule has 36 heavy (non-hydrogen) atoms. The van der Waals surface area contributed by atoms with Crippen LogP contribution in [0.15, 0.2) is 48.5 Å². The molecule has 0 spiro atoms. The third-order valence-electron chi connectivity index (χ3n) is 8.93. The van der Waals surface area contributed by atoms with Crippen LogP contribution in [0.25, 0.3) is 0 Å². The molecular weight excluding hydrogens is 450 g/mol. The summed E-state index contributed by atoms with van der Waals surface area (Å²) < 4.78 is 34.6. The minimum atomic E-state index is -3.26. The van der Waals surface area contributed by atoms with Crippen LogP contribution in [-0.2, 0) is 17.3 Å². The number of hydrogen-bond donors (Lipinski definition) is 0. The van der Waals surface area contributed by atoms with Crippen molar-refractivity contribution >= 4 is 0 Å². The lowest BCUT2D eigenvalue weighted by atomic mass is 9.77. The summed E-state index contributed by atoms with van der Waals surface area (Å²) in [5.41, 5.74) is 3.62. The van der Waals surface area contributed by atoms with Crippen molar-refractivity contribution < 1.29 is 13.5 Å². The van der Waals surface area contributed by atoms with Crippen molar-refractivity contribution in [1.29, 1.82) is 0 Å². The Hall–Kier alpha value is -1.74. The van der Waals surface area contributed by atoms with E-state index >= 15 is 0 Å². The highest BCUT2D eigenvalue weighted by Crippen LogP contribution is 2.39.